The highest BCUT2D eigenvalue weighted by molar-refractivity contribution is 5.52. The van der Waals surface area contributed by atoms with E-state index in [2.05, 4.69) is 25.0 Å². The number of pyridine rings is 1. The molecule has 0 saturated heterocycles. The first-order valence-electron chi connectivity index (χ1n) is 4.56. The van der Waals surface area contributed by atoms with Crippen LogP contribution in [0.2, 0.25) is 0 Å². The highest BCUT2D eigenvalue weighted by Gasteiger charge is 2.10. The first kappa shape index (κ1) is 10.8. The molecule has 0 aliphatic heterocycles. The third-order valence-electron chi connectivity index (χ3n) is 1.88. The molecule has 0 aliphatic carbocycles. The molecule has 0 spiro atoms. The van der Waals surface area contributed by atoms with Crippen LogP contribution < -0.4 is 11.1 Å². The van der Waals surface area contributed by atoms with Gasteiger partial charge in [-0.1, -0.05) is 5.16 Å². The number of rotatable bonds is 4. The SMILES string of the molecule is Nc1cc([N+](=O)[O-])cc(NCc2ncon2)n1. The van der Waals surface area contributed by atoms with E-state index in [1.54, 1.807) is 0 Å². The van der Waals surface area contributed by atoms with Crippen LogP contribution in [0.3, 0.4) is 0 Å². The Labute approximate surface area is 94.8 Å². The van der Waals surface area contributed by atoms with Crippen molar-refractivity contribution >= 4 is 17.3 Å². The summed E-state index contributed by atoms with van der Waals surface area (Å²) in [5.41, 5.74) is 5.31. The number of nitro groups is 1. The third-order valence-corrected chi connectivity index (χ3v) is 1.88. The van der Waals surface area contributed by atoms with Crippen LogP contribution in [0.25, 0.3) is 0 Å². The summed E-state index contributed by atoms with van der Waals surface area (Å²) in [7, 11) is 0. The molecular weight excluding hydrogens is 228 g/mol. The van der Waals surface area contributed by atoms with Crippen LogP contribution in [-0.2, 0) is 6.54 Å². The van der Waals surface area contributed by atoms with Gasteiger partial charge in [0.25, 0.3) is 5.69 Å². The van der Waals surface area contributed by atoms with E-state index in [0.29, 0.717) is 5.82 Å². The van der Waals surface area contributed by atoms with Crippen molar-refractivity contribution in [2.45, 2.75) is 6.54 Å². The maximum Gasteiger partial charge on any atom is 0.276 e. The predicted molar refractivity (Wildman–Crippen MR) is 56.9 cm³/mol. The van der Waals surface area contributed by atoms with Crippen LogP contribution in [0.1, 0.15) is 5.82 Å². The van der Waals surface area contributed by atoms with E-state index in [9.17, 15) is 10.1 Å². The molecule has 9 nitrogen and oxygen atoms in total. The molecule has 9 heteroatoms. The minimum Gasteiger partial charge on any atom is -0.383 e. The molecule has 0 fully saturated rings. The number of nitrogen functional groups attached to an aromatic ring is 1. The molecular formula is C8H8N6O3. The summed E-state index contributed by atoms with van der Waals surface area (Å²) >= 11 is 0. The first-order chi connectivity index (χ1) is 8.15. The number of aromatic nitrogens is 3. The summed E-state index contributed by atoms with van der Waals surface area (Å²) in [5.74, 6) is 0.758. The van der Waals surface area contributed by atoms with Crippen molar-refractivity contribution < 1.29 is 9.45 Å². The van der Waals surface area contributed by atoms with Crippen molar-refractivity contribution in [3.8, 4) is 0 Å². The van der Waals surface area contributed by atoms with Gasteiger partial charge in [0.15, 0.2) is 5.82 Å². The number of nitrogens with two attached hydrogens (primary N) is 1. The smallest absolute Gasteiger partial charge is 0.276 e. The fraction of sp³-hybridized carbons (Fsp3) is 0.125. The monoisotopic (exact) mass is 236 g/mol. The quantitative estimate of drug-likeness (QED) is 0.581. The predicted octanol–water partition coefficient (Wildman–Crippen LogP) is 0.567. The van der Waals surface area contributed by atoms with Gasteiger partial charge in [-0.2, -0.15) is 4.98 Å². The lowest BCUT2D eigenvalue weighted by Gasteiger charge is -2.03. The van der Waals surface area contributed by atoms with Gasteiger partial charge in [-0.3, -0.25) is 10.1 Å². The average molecular weight is 236 g/mol. The molecule has 0 aliphatic rings. The van der Waals surface area contributed by atoms with Crippen molar-refractivity contribution in [3.63, 3.8) is 0 Å². The van der Waals surface area contributed by atoms with Crippen molar-refractivity contribution in [3.05, 3.63) is 34.5 Å². The maximum atomic E-state index is 10.6. The Hall–Kier alpha value is -2.71. The highest BCUT2D eigenvalue weighted by Crippen LogP contribution is 2.18. The summed E-state index contributed by atoms with van der Waals surface area (Å²) in [6, 6.07) is 2.45. The minimum atomic E-state index is -0.544. The van der Waals surface area contributed by atoms with E-state index >= 15 is 0 Å². The second-order valence-corrected chi connectivity index (χ2v) is 3.09. The molecule has 3 N–H and O–H groups in total. The number of hydrogen-bond donors (Lipinski definition) is 2. The second-order valence-electron chi connectivity index (χ2n) is 3.09. The van der Waals surface area contributed by atoms with Crippen LogP contribution in [0.5, 0.6) is 0 Å². The van der Waals surface area contributed by atoms with Gasteiger partial charge >= 0.3 is 0 Å². The summed E-state index contributed by atoms with van der Waals surface area (Å²) in [4.78, 5) is 17.7. The van der Waals surface area contributed by atoms with Crippen molar-refractivity contribution in [1.29, 1.82) is 0 Å². The van der Waals surface area contributed by atoms with Crippen LogP contribution in [0.4, 0.5) is 17.3 Å². The van der Waals surface area contributed by atoms with Crippen molar-refractivity contribution in [2.24, 2.45) is 0 Å². The summed E-state index contributed by atoms with van der Waals surface area (Å²) in [6.45, 7) is 0.240. The van der Waals surface area contributed by atoms with Gasteiger partial charge in [-0.15, -0.1) is 0 Å². The summed E-state index contributed by atoms with van der Waals surface area (Å²) in [5, 5.41) is 17.0. The van der Waals surface area contributed by atoms with Gasteiger partial charge < -0.3 is 15.6 Å². The zero-order chi connectivity index (χ0) is 12.3. The molecule has 17 heavy (non-hydrogen) atoms. The molecule has 0 bridgehead atoms. The zero-order valence-electron chi connectivity index (χ0n) is 8.53. The van der Waals surface area contributed by atoms with E-state index in [-0.39, 0.29) is 23.9 Å². The Balaban J connectivity index is 2.13. The third kappa shape index (κ3) is 2.65. The van der Waals surface area contributed by atoms with Gasteiger partial charge in [0, 0.05) is 0 Å². The number of hydrogen-bond acceptors (Lipinski definition) is 8. The van der Waals surface area contributed by atoms with Crippen LogP contribution in [-0.4, -0.2) is 20.0 Å². The topological polar surface area (TPSA) is 133 Å². The van der Waals surface area contributed by atoms with Crippen LogP contribution in [0, 0.1) is 10.1 Å². The first-order valence-corrected chi connectivity index (χ1v) is 4.56. The van der Waals surface area contributed by atoms with E-state index in [4.69, 9.17) is 5.73 Å². The Kier molecular flexibility index (Phi) is 2.81. The summed E-state index contributed by atoms with van der Waals surface area (Å²) in [6.07, 6.45) is 1.19. The molecule has 0 unspecified atom stereocenters. The number of anilines is 2. The van der Waals surface area contributed by atoms with Crippen molar-refractivity contribution in [2.75, 3.05) is 11.1 Å². The van der Waals surface area contributed by atoms with Crippen LogP contribution >= 0.6 is 0 Å². The molecule has 88 valence electrons. The van der Waals surface area contributed by atoms with E-state index < -0.39 is 4.92 Å². The fourth-order valence-electron chi connectivity index (χ4n) is 1.17. The van der Waals surface area contributed by atoms with Gasteiger partial charge in [0.05, 0.1) is 23.6 Å². The van der Waals surface area contributed by atoms with E-state index in [1.807, 2.05) is 0 Å². The Morgan fingerprint density at radius 3 is 3.00 bits per heavy atom. The molecule has 0 aromatic carbocycles. The number of nitrogens with one attached hydrogen (secondary N) is 1. The molecule has 2 aromatic rings. The molecule has 0 atom stereocenters. The second kappa shape index (κ2) is 4.43. The van der Waals surface area contributed by atoms with Crippen molar-refractivity contribution in [1.82, 2.24) is 15.1 Å². The Morgan fingerprint density at radius 1 is 1.53 bits per heavy atom. The normalized spacial score (nSPS) is 10.1. The zero-order valence-corrected chi connectivity index (χ0v) is 8.53. The molecule has 2 rings (SSSR count). The van der Waals surface area contributed by atoms with Gasteiger partial charge in [0.1, 0.15) is 11.6 Å². The molecule has 0 radical (unpaired) electrons. The van der Waals surface area contributed by atoms with E-state index in [1.165, 1.54) is 18.5 Å². The highest BCUT2D eigenvalue weighted by atomic mass is 16.6. The maximum absolute atomic E-state index is 10.6. The standard InChI is InChI=1S/C8H8N6O3/c9-6-1-5(14(15)16)2-7(12-6)10-3-8-11-4-17-13-8/h1-2,4H,3H2,(H3,9,10,12). The molecule has 0 amide bonds. The fourth-order valence-corrected chi connectivity index (χ4v) is 1.17. The number of nitrogens with zero attached hydrogens (tertiary/aromatic N) is 4. The van der Waals surface area contributed by atoms with Gasteiger partial charge in [-0.25, -0.2) is 4.98 Å². The van der Waals surface area contributed by atoms with Crippen LogP contribution in [0.15, 0.2) is 23.0 Å². The lowest BCUT2D eigenvalue weighted by molar-refractivity contribution is -0.384. The molecule has 0 saturated carbocycles. The summed E-state index contributed by atoms with van der Waals surface area (Å²) < 4.78 is 4.53. The van der Waals surface area contributed by atoms with E-state index in [0.717, 1.165) is 0 Å². The Bertz CT molecular complexity index is 526. The lowest BCUT2D eigenvalue weighted by atomic mass is 10.3. The molecule has 2 heterocycles. The lowest BCUT2D eigenvalue weighted by Crippen LogP contribution is -2.05. The largest absolute Gasteiger partial charge is 0.383 e. The Morgan fingerprint density at radius 2 is 2.35 bits per heavy atom. The molecule has 2 aromatic heterocycles. The average Bonchev–Trinajstić information content (AvgIpc) is 2.78. The van der Waals surface area contributed by atoms with Gasteiger partial charge in [0.2, 0.25) is 6.39 Å². The van der Waals surface area contributed by atoms with Gasteiger partial charge in [-0.05, 0) is 0 Å². The minimum absolute atomic E-state index is 0.0646.